The van der Waals surface area contributed by atoms with Gasteiger partial charge in [0.2, 0.25) is 0 Å². The molecule has 0 aliphatic heterocycles. The Hall–Kier alpha value is -2.06. The van der Waals surface area contributed by atoms with Crippen LogP contribution in [-0.2, 0) is 27.9 Å². The minimum atomic E-state index is -4.28. The highest BCUT2D eigenvalue weighted by atomic mass is 31.2. The lowest BCUT2D eigenvalue weighted by Crippen LogP contribution is -2.37. The lowest BCUT2D eigenvalue weighted by molar-refractivity contribution is -0.870. The molecule has 2 unspecified atom stereocenters. The molecule has 8 nitrogen and oxygen atoms in total. The molecule has 57 heavy (non-hydrogen) atoms. The van der Waals surface area contributed by atoms with Crippen molar-refractivity contribution in [1.29, 1.82) is 0 Å². The Morgan fingerprint density at radius 1 is 0.561 bits per heavy atom. The molecular formula is C48H87NO7P+. The topological polar surface area (TPSA) is 91.3 Å². The largest absolute Gasteiger partial charge is 0.472 e. The lowest BCUT2D eigenvalue weighted by Gasteiger charge is -2.24. The maximum atomic E-state index is 12.7. The van der Waals surface area contributed by atoms with Crippen molar-refractivity contribution in [3.63, 3.8) is 0 Å². The molecule has 0 fully saturated rings. The summed E-state index contributed by atoms with van der Waals surface area (Å²) in [6.45, 7) is 5.43. The first-order valence-electron chi connectivity index (χ1n) is 22.7. The van der Waals surface area contributed by atoms with Crippen LogP contribution in [0.1, 0.15) is 168 Å². The number of unbranched alkanes of at least 4 members (excludes halogenated alkanes) is 15. The molecule has 0 aliphatic rings. The lowest BCUT2D eigenvalue weighted by atomic mass is 10.1. The van der Waals surface area contributed by atoms with E-state index in [-0.39, 0.29) is 25.8 Å². The summed E-state index contributed by atoms with van der Waals surface area (Å²) in [6.07, 6.45) is 52.2. The predicted molar refractivity (Wildman–Crippen MR) is 242 cm³/mol. The number of nitrogens with zero attached hydrogens (tertiary/aromatic N) is 1. The predicted octanol–water partition coefficient (Wildman–Crippen LogP) is 13.5. The highest BCUT2D eigenvalue weighted by Crippen LogP contribution is 2.43. The van der Waals surface area contributed by atoms with Crippen LogP contribution in [0.25, 0.3) is 0 Å². The van der Waals surface area contributed by atoms with E-state index in [0.29, 0.717) is 24.1 Å². The van der Waals surface area contributed by atoms with Gasteiger partial charge in [0.25, 0.3) is 0 Å². The van der Waals surface area contributed by atoms with Gasteiger partial charge < -0.3 is 18.9 Å². The minimum absolute atomic E-state index is 0.0803. The van der Waals surface area contributed by atoms with E-state index in [1.54, 1.807) is 0 Å². The van der Waals surface area contributed by atoms with Gasteiger partial charge in [-0.25, -0.2) is 4.57 Å². The molecule has 0 aliphatic carbocycles. The molecule has 0 saturated carbocycles. The van der Waals surface area contributed by atoms with Crippen LogP contribution in [0.15, 0.2) is 72.9 Å². The number of ether oxygens (including phenoxy) is 2. The third kappa shape index (κ3) is 44.9. The fourth-order valence-electron chi connectivity index (χ4n) is 5.75. The molecule has 0 bridgehead atoms. The van der Waals surface area contributed by atoms with Crippen LogP contribution in [-0.4, -0.2) is 75.6 Å². The van der Waals surface area contributed by atoms with E-state index in [9.17, 15) is 14.3 Å². The van der Waals surface area contributed by atoms with Crippen LogP contribution in [0.3, 0.4) is 0 Å². The van der Waals surface area contributed by atoms with Gasteiger partial charge >= 0.3 is 13.8 Å². The maximum Gasteiger partial charge on any atom is 0.472 e. The van der Waals surface area contributed by atoms with Gasteiger partial charge in [-0.3, -0.25) is 13.8 Å². The number of phosphoric acid groups is 1. The Bertz CT molecular complexity index is 1140. The number of allylic oxidation sites excluding steroid dienone is 12. The quantitative estimate of drug-likeness (QED) is 0.0216. The Balaban J connectivity index is 4.24. The number of phosphoric ester groups is 1. The molecule has 2 atom stereocenters. The van der Waals surface area contributed by atoms with Gasteiger partial charge in [-0.15, -0.1) is 0 Å². The molecule has 330 valence electrons. The fourth-order valence-corrected chi connectivity index (χ4v) is 6.49. The Morgan fingerprint density at radius 2 is 1.02 bits per heavy atom. The fraction of sp³-hybridized carbons (Fsp3) is 0.729. The molecule has 0 radical (unpaired) electrons. The van der Waals surface area contributed by atoms with Gasteiger partial charge in [0, 0.05) is 13.0 Å². The van der Waals surface area contributed by atoms with Crippen molar-refractivity contribution < 1.29 is 37.3 Å². The van der Waals surface area contributed by atoms with Crippen molar-refractivity contribution >= 4 is 13.8 Å². The number of quaternary nitrogens is 1. The van der Waals surface area contributed by atoms with Crippen molar-refractivity contribution in [2.24, 2.45) is 0 Å². The van der Waals surface area contributed by atoms with E-state index in [2.05, 4.69) is 86.8 Å². The van der Waals surface area contributed by atoms with E-state index in [1.165, 1.54) is 57.8 Å². The van der Waals surface area contributed by atoms with Gasteiger partial charge in [0.1, 0.15) is 19.3 Å². The van der Waals surface area contributed by atoms with Crippen LogP contribution < -0.4 is 0 Å². The standard InChI is InChI=1S/C48H86NO7P/c1-6-8-10-12-14-16-18-20-21-22-23-24-25-26-27-28-30-32-34-36-38-40-43-53-45-47(46-55-57(51,52)54-44-42-49(3,4)5)56-48(50)41-39-37-35-33-31-29-19-17-15-13-11-9-7-2/h8,10,14,16-17,19-21,23-24,26-27,47H,6-7,9,11-13,15,18,22,25,28-46H2,1-5H3/p+1/b10-8-,16-14-,19-17-,21-20-,24-23-,27-26-. The van der Waals surface area contributed by atoms with Gasteiger partial charge in [0.15, 0.2) is 0 Å². The van der Waals surface area contributed by atoms with Crippen molar-refractivity contribution in [3.05, 3.63) is 72.9 Å². The Labute approximate surface area is 351 Å². The van der Waals surface area contributed by atoms with E-state index in [1.807, 2.05) is 21.1 Å². The number of hydrogen-bond donors (Lipinski definition) is 1. The van der Waals surface area contributed by atoms with Gasteiger partial charge in [-0.05, 0) is 83.5 Å². The second-order valence-corrected chi connectivity index (χ2v) is 17.5. The second-order valence-electron chi connectivity index (χ2n) is 16.0. The number of carbonyl (C=O) groups is 1. The van der Waals surface area contributed by atoms with Crippen molar-refractivity contribution in [3.8, 4) is 0 Å². The number of esters is 1. The third-order valence-corrected chi connectivity index (χ3v) is 10.2. The summed E-state index contributed by atoms with van der Waals surface area (Å²) in [5.41, 5.74) is 0. The van der Waals surface area contributed by atoms with Crippen molar-refractivity contribution in [2.45, 2.75) is 174 Å². The average Bonchev–Trinajstić information content (AvgIpc) is 3.16. The summed E-state index contributed by atoms with van der Waals surface area (Å²) in [5, 5.41) is 0. The van der Waals surface area contributed by atoms with Crippen molar-refractivity contribution in [2.75, 3.05) is 54.1 Å². The number of carbonyl (C=O) groups excluding carboxylic acids is 1. The van der Waals surface area contributed by atoms with E-state index in [0.717, 1.165) is 89.9 Å². The summed E-state index contributed by atoms with van der Waals surface area (Å²) in [6, 6.07) is 0. The molecule has 0 aromatic rings. The zero-order valence-corrected chi connectivity index (χ0v) is 38.2. The Morgan fingerprint density at radius 3 is 1.54 bits per heavy atom. The first kappa shape index (κ1) is 54.9. The molecule has 0 aromatic carbocycles. The van der Waals surface area contributed by atoms with E-state index >= 15 is 0 Å². The molecule has 0 spiro atoms. The molecule has 0 rings (SSSR count). The van der Waals surface area contributed by atoms with Crippen LogP contribution in [0, 0.1) is 0 Å². The van der Waals surface area contributed by atoms with E-state index < -0.39 is 13.9 Å². The SMILES string of the molecule is CC/C=C\C/C=C\C/C=C\C/C=C\C/C=C\CCCCCCCCOCC(COP(=O)(O)OCC[N+](C)(C)C)OC(=O)CCCCCCC/C=C\CCCCCC. The molecule has 0 amide bonds. The zero-order chi connectivity index (χ0) is 42.0. The highest BCUT2D eigenvalue weighted by Gasteiger charge is 2.26. The van der Waals surface area contributed by atoms with Crippen LogP contribution in [0.2, 0.25) is 0 Å². The summed E-state index contributed by atoms with van der Waals surface area (Å²) < 4.78 is 35.0. The zero-order valence-electron chi connectivity index (χ0n) is 37.3. The normalized spacial score (nSPS) is 14.4. The van der Waals surface area contributed by atoms with Crippen LogP contribution in [0.4, 0.5) is 0 Å². The molecule has 1 N–H and O–H groups in total. The number of likely N-dealkylation sites (N-methyl/N-ethyl adjacent to an activating group) is 1. The van der Waals surface area contributed by atoms with Gasteiger partial charge in [-0.1, -0.05) is 151 Å². The molecule has 0 heterocycles. The van der Waals surface area contributed by atoms with Gasteiger partial charge in [0.05, 0.1) is 34.4 Å². The van der Waals surface area contributed by atoms with Crippen molar-refractivity contribution in [1.82, 2.24) is 0 Å². The van der Waals surface area contributed by atoms with Crippen LogP contribution >= 0.6 is 7.82 Å². The van der Waals surface area contributed by atoms with Crippen LogP contribution in [0.5, 0.6) is 0 Å². The highest BCUT2D eigenvalue weighted by molar-refractivity contribution is 7.47. The Kier molecular flexibility index (Phi) is 39.2. The average molecular weight is 821 g/mol. The summed E-state index contributed by atoms with van der Waals surface area (Å²) in [5.74, 6) is -0.332. The van der Waals surface area contributed by atoms with Gasteiger partial charge in [-0.2, -0.15) is 0 Å². The first-order valence-corrected chi connectivity index (χ1v) is 24.2. The minimum Gasteiger partial charge on any atom is -0.457 e. The molecule has 0 aromatic heterocycles. The second kappa shape index (κ2) is 40.7. The smallest absolute Gasteiger partial charge is 0.457 e. The molecule has 9 heteroatoms. The van der Waals surface area contributed by atoms with E-state index in [4.69, 9.17) is 18.5 Å². The number of hydrogen-bond acceptors (Lipinski definition) is 6. The first-order chi connectivity index (χ1) is 27.6. The third-order valence-electron chi connectivity index (χ3n) is 9.25. The summed E-state index contributed by atoms with van der Waals surface area (Å²) >= 11 is 0. The summed E-state index contributed by atoms with van der Waals surface area (Å²) in [4.78, 5) is 22.9. The summed E-state index contributed by atoms with van der Waals surface area (Å²) in [7, 11) is 1.64. The molecule has 0 saturated heterocycles. The monoisotopic (exact) mass is 821 g/mol. The maximum absolute atomic E-state index is 12.7. The molecular weight excluding hydrogens is 734 g/mol. The number of rotatable bonds is 41.